The van der Waals surface area contributed by atoms with Crippen LogP contribution >= 0.6 is 35.1 Å². The summed E-state index contributed by atoms with van der Waals surface area (Å²) in [5.74, 6) is 1.18. The Hall–Kier alpha value is -1.47. The van der Waals surface area contributed by atoms with Gasteiger partial charge in [-0.05, 0) is 86.0 Å². The number of piperidine rings is 1. The van der Waals surface area contributed by atoms with E-state index < -0.39 is 5.82 Å². The summed E-state index contributed by atoms with van der Waals surface area (Å²) in [4.78, 5) is 14.7. The predicted octanol–water partition coefficient (Wildman–Crippen LogP) is 6.70. The SMILES string of the molecule is CCSNC(=O)c1cc(C2CC2)c(OCC2CCN(Cc3cc(Cl)cc(Cl)c3)CC2)cc1F. The van der Waals surface area contributed by atoms with Crippen LogP contribution in [0.15, 0.2) is 30.3 Å². The maximum atomic E-state index is 14.7. The Kier molecular flexibility index (Phi) is 8.44. The summed E-state index contributed by atoms with van der Waals surface area (Å²) < 4.78 is 23.5. The molecule has 2 fully saturated rings. The first-order chi connectivity index (χ1) is 15.9. The van der Waals surface area contributed by atoms with Gasteiger partial charge in [0.1, 0.15) is 11.6 Å². The van der Waals surface area contributed by atoms with Gasteiger partial charge >= 0.3 is 0 Å². The fraction of sp³-hybridized carbons (Fsp3) is 0.480. The van der Waals surface area contributed by atoms with E-state index in [0.29, 0.717) is 34.2 Å². The van der Waals surface area contributed by atoms with Crippen molar-refractivity contribution in [1.29, 1.82) is 0 Å². The third-order valence-electron chi connectivity index (χ3n) is 6.18. The molecule has 2 aliphatic rings. The molecule has 4 nitrogen and oxygen atoms in total. The zero-order valence-electron chi connectivity index (χ0n) is 18.7. The maximum absolute atomic E-state index is 14.7. The van der Waals surface area contributed by atoms with Crippen molar-refractivity contribution >= 4 is 41.1 Å². The molecule has 0 unspecified atom stereocenters. The van der Waals surface area contributed by atoms with Crippen molar-refractivity contribution in [3.8, 4) is 5.75 Å². The topological polar surface area (TPSA) is 41.6 Å². The van der Waals surface area contributed by atoms with Gasteiger partial charge in [0.15, 0.2) is 0 Å². The molecule has 0 aromatic heterocycles. The van der Waals surface area contributed by atoms with E-state index in [0.717, 1.165) is 62.2 Å². The number of hydrogen-bond acceptors (Lipinski definition) is 4. The summed E-state index contributed by atoms with van der Waals surface area (Å²) in [6.07, 6.45) is 4.14. The van der Waals surface area contributed by atoms with Crippen LogP contribution in [0.4, 0.5) is 4.39 Å². The van der Waals surface area contributed by atoms with Crippen LogP contribution in [0.2, 0.25) is 10.0 Å². The standard InChI is InChI=1S/C25H29Cl2FN2O2S/c1-2-33-29-25(31)22-12-21(18-3-4-18)24(13-23(22)28)32-15-16-5-7-30(8-6-16)14-17-9-19(26)11-20(27)10-17/h9-13,16,18H,2-8,14-15H2,1H3,(H,29,31). The molecule has 0 spiro atoms. The van der Waals surface area contributed by atoms with Crippen LogP contribution in [0.5, 0.6) is 5.75 Å². The van der Waals surface area contributed by atoms with Gasteiger partial charge in [-0.3, -0.25) is 14.4 Å². The van der Waals surface area contributed by atoms with Gasteiger partial charge in [0, 0.05) is 28.4 Å². The Balaban J connectivity index is 1.33. The molecule has 2 aromatic rings. The quantitative estimate of drug-likeness (QED) is 0.381. The summed E-state index contributed by atoms with van der Waals surface area (Å²) in [6, 6.07) is 8.75. The van der Waals surface area contributed by atoms with Crippen molar-refractivity contribution in [3.63, 3.8) is 0 Å². The Morgan fingerprint density at radius 2 is 1.82 bits per heavy atom. The third-order valence-corrected chi connectivity index (χ3v) is 7.24. The van der Waals surface area contributed by atoms with Crippen molar-refractivity contribution in [1.82, 2.24) is 9.62 Å². The van der Waals surface area contributed by atoms with Gasteiger partial charge < -0.3 is 4.74 Å². The lowest BCUT2D eigenvalue weighted by atomic mass is 9.97. The molecule has 1 heterocycles. The molecule has 8 heteroatoms. The van der Waals surface area contributed by atoms with E-state index >= 15 is 0 Å². The summed E-state index contributed by atoms with van der Waals surface area (Å²) in [7, 11) is 0. The highest BCUT2D eigenvalue weighted by Crippen LogP contribution is 2.45. The molecule has 1 aliphatic heterocycles. The lowest BCUT2D eigenvalue weighted by Crippen LogP contribution is -2.35. The smallest absolute Gasteiger partial charge is 0.264 e. The lowest BCUT2D eigenvalue weighted by molar-refractivity contribution is 0.0980. The Morgan fingerprint density at radius 3 is 2.45 bits per heavy atom. The number of carbonyl (C=O) groups excluding carboxylic acids is 1. The molecular weight excluding hydrogens is 482 g/mol. The number of likely N-dealkylation sites (tertiary alicyclic amines) is 1. The van der Waals surface area contributed by atoms with Gasteiger partial charge in [0.25, 0.3) is 5.91 Å². The van der Waals surface area contributed by atoms with E-state index in [9.17, 15) is 9.18 Å². The number of carbonyl (C=O) groups is 1. The highest BCUT2D eigenvalue weighted by Gasteiger charge is 2.30. The zero-order chi connectivity index (χ0) is 23.4. The average molecular weight is 511 g/mol. The van der Waals surface area contributed by atoms with Crippen molar-refractivity contribution in [2.24, 2.45) is 5.92 Å². The number of halogens is 3. The number of hydrogen-bond donors (Lipinski definition) is 1. The van der Waals surface area contributed by atoms with Crippen molar-refractivity contribution < 1.29 is 13.9 Å². The molecule has 2 aromatic carbocycles. The Bertz CT molecular complexity index is 974. The molecular formula is C25H29Cl2FN2O2S. The fourth-order valence-corrected chi connectivity index (χ4v) is 5.21. The zero-order valence-corrected chi connectivity index (χ0v) is 21.0. The first-order valence-corrected chi connectivity index (χ1v) is 13.2. The van der Waals surface area contributed by atoms with Gasteiger partial charge in [-0.15, -0.1) is 0 Å². The summed E-state index contributed by atoms with van der Waals surface area (Å²) in [6.45, 7) is 5.26. The predicted molar refractivity (Wildman–Crippen MR) is 134 cm³/mol. The van der Waals surface area contributed by atoms with Gasteiger partial charge in [0.05, 0.1) is 12.2 Å². The van der Waals surface area contributed by atoms with Crippen LogP contribution in [0, 0.1) is 11.7 Å². The number of amides is 1. The number of ether oxygens (including phenoxy) is 1. The number of nitrogens with one attached hydrogen (secondary N) is 1. The molecule has 1 N–H and O–H groups in total. The van der Waals surface area contributed by atoms with E-state index in [4.69, 9.17) is 27.9 Å². The van der Waals surface area contributed by atoms with E-state index in [1.165, 1.54) is 18.0 Å². The molecule has 1 aliphatic carbocycles. The second-order valence-corrected chi connectivity index (χ2v) is 10.8. The van der Waals surface area contributed by atoms with Crippen LogP contribution in [-0.4, -0.2) is 36.3 Å². The molecule has 1 saturated carbocycles. The van der Waals surface area contributed by atoms with E-state index in [-0.39, 0.29) is 11.5 Å². The monoisotopic (exact) mass is 510 g/mol. The maximum Gasteiger partial charge on any atom is 0.264 e. The summed E-state index contributed by atoms with van der Waals surface area (Å²) in [5, 5.41) is 1.32. The third kappa shape index (κ3) is 6.78. The largest absolute Gasteiger partial charge is 0.493 e. The van der Waals surface area contributed by atoms with Crippen LogP contribution in [0.25, 0.3) is 0 Å². The second kappa shape index (κ2) is 11.3. The van der Waals surface area contributed by atoms with E-state index in [1.54, 1.807) is 12.1 Å². The molecule has 0 atom stereocenters. The second-order valence-electron chi connectivity index (χ2n) is 8.82. The van der Waals surface area contributed by atoms with Gasteiger partial charge in [-0.25, -0.2) is 4.39 Å². The number of nitrogens with zero attached hydrogens (tertiary/aromatic N) is 1. The highest BCUT2D eigenvalue weighted by molar-refractivity contribution is 7.97. The van der Waals surface area contributed by atoms with Crippen LogP contribution in [-0.2, 0) is 6.54 Å². The average Bonchev–Trinajstić information content (AvgIpc) is 3.61. The van der Waals surface area contributed by atoms with Crippen LogP contribution < -0.4 is 9.46 Å². The minimum absolute atomic E-state index is 0.0969. The van der Waals surface area contributed by atoms with Gasteiger partial charge in [-0.2, -0.15) is 0 Å². The fourth-order valence-electron chi connectivity index (χ4n) is 4.26. The molecule has 4 rings (SSSR count). The van der Waals surface area contributed by atoms with Gasteiger partial charge in [0.2, 0.25) is 0 Å². The molecule has 178 valence electrons. The minimum Gasteiger partial charge on any atom is -0.493 e. The number of benzene rings is 2. The Morgan fingerprint density at radius 1 is 1.12 bits per heavy atom. The Labute approximate surface area is 209 Å². The van der Waals surface area contributed by atoms with E-state index in [1.807, 2.05) is 19.1 Å². The van der Waals surface area contributed by atoms with Gasteiger partial charge in [-0.1, -0.05) is 42.1 Å². The normalized spacial score (nSPS) is 17.2. The summed E-state index contributed by atoms with van der Waals surface area (Å²) in [5.41, 5.74) is 2.17. The number of rotatable bonds is 9. The van der Waals surface area contributed by atoms with Crippen LogP contribution in [0.3, 0.4) is 0 Å². The highest BCUT2D eigenvalue weighted by atomic mass is 35.5. The van der Waals surface area contributed by atoms with Crippen molar-refractivity contribution in [2.45, 2.75) is 45.1 Å². The molecule has 1 amide bonds. The van der Waals surface area contributed by atoms with Crippen molar-refractivity contribution in [3.05, 3.63) is 62.9 Å². The van der Waals surface area contributed by atoms with Crippen LogP contribution in [0.1, 0.15) is 60.0 Å². The first kappa shape index (κ1) is 24.6. The summed E-state index contributed by atoms with van der Waals surface area (Å²) >= 11 is 13.5. The molecule has 0 bridgehead atoms. The van der Waals surface area contributed by atoms with Crippen molar-refractivity contribution in [2.75, 3.05) is 25.4 Å². The first-order valence-electron chi connectivity index (χ1n) is 11.5. The molecule has 0 radical (unpaired) electrons. The molecule has 33 heavy (non-hydrogen) atoms. The molecule has 1 saturated heterocycles. The van der Waals surface area contributed by atoms with E-state index in [2.05, 4.69) is 9.62 Å². The minimum atomic E-state index is -0.529. The lowest BCUT2D eigenvalue weighted by Gasteiger charge is -2.32.